The fraction of sp³-hybridized carbons (Fsp3) is 0.462. The van der Waals surface area contributed by atoms with Crippen molar-refractivity contribution in [1.29, 1.82) is 0 Å². The van der Waals surface area contributed by atoms with E-state index in [1.54, 1.807) is 6.33 Å². The monoisotopic (exact) mass is 230 g/mol. The number of nitrogens with two attached hydrogens (primary N) is 1. The normalized spacial score (nSPS) is 17.3. The van der Waals surface area contributed by atoms with Gasteiger partial charge < -0.3 is 15.0 Å². The Bertz CT molecular complexity index is 509. The van der Waals surface area contributed by atoms with Crippen LogP contribution in [-0.2, 0) is 0 Å². The van der Waals surface area contributed by atoms with Crippen molar-refractivity contribution in [2.75, 3.05) is 23.7 Å². The highest BCUT2D eigenvalue weighted by Gasteiger charge is 2.11. The van der Waals surface area contributed by atoms with Crippen LogP contribution >= 0.6 is 0 Å². The molecule has 0 bridgehead atoms. The van der Waals surface area contributed by atoms with Crippen LogP contribution in [0.1, 0.15) is 25.7 Å². The molecule has 1 saturated heterocycles. The predicted molar refractivity (Wildman–Crippen MR) is 70.3 cm³/mol. The fourth-order valence-electron chi connectivity index (χ4n) is 2.52. The van der Waals surface area contributed by atoms with Gasteiger partial charge in [-0.3, -0.25) is 0 Å². The van der Waals surface area contributed by atoms with E-state index < -0.39 is 0 Å². The Morgan fingerprint density at radius 1 is 1.12 bits per heavy atom. The summed E-state index contributed by atoms with van der Waals surface area (Å²) in [6, 6.07) is 4.30. The molecule has 0 radical (unpaired) electrons. The lowest BCUT2D eigenvalue weighted by molar-refractivity contribution is 0.726. The molecule has 1 fully saturated rings. The molecular formula is C13H18N4. The number of nitrogen functional groups attached to an aromatic ring is 1. The van der Waals surface area contributed by atoms with E-state index in [2.05, 4.69) is 22.0 Å². The molecule has 4 nitrogen and oxygen atoms in total. The highest BCUT2D eigenvalue weighted by molar-refractivity contribution is 5.71. The summed E-state index contributed by atoms with van der Waals surface area (Å²) in [5.41, 5.74) is 8.13. The van der Waals surface area contributed by atoms with Gasteiger partial charge in [0.1, 0.15) is 12.1 Å². The molecule has 0 saturated carbocycles. The molecule has 2 aromatic heterocycles. The molecule has 1 aliphatic rings. The Hall–Kier alpha value is -1.71. The Kier molecular flexibility index (Phi) is 2.63. The maximum absolute atomic E-state index is 5.86. The number of anilines is 2. The van der Waals surface area contributed by atoms with Gasteiger partial charge in [-0.2, -0.15) is 0 Å². The zero-order chi connectivity index (χ0) is 11.7. The first-order valence-corrected chi connectivity index (χ1v) is 6.32. The van der Waals surface area contributed by atoms with E-state index in [1.165, 1.54) is 31.4 Å². The third-order valence-corrected chi connectivity index (χ3v) is 3.52. The van der Waals surface area contributed by atoms with E-state index in [4.69, 9.17) is 5.73 Å². The van der Waals surface area contributed by atoms with Crippen LogP contribution in [0, 0.1) is 0 Å². The fourth-order valence-corrected chi connectivity index (χ4v) is 2.52. The number of aromatic nitrogens is 2. The number of imidazole rings is 1. The van der Waals surface area contributed by atoms with E-state index in [0.717, 1.165) is 18.6 Å². The largest absolute Gasteiger partial charge is 0.382 e. The summed E-state index contributed by atoms with van der Waals surface area (Å²) in [7, 11) is 0. The van der Waals surface area contributed by atoms with E-state index in [1.807, 2.05) is 10.6 Å². The predicted octanol–water partition coefficient (Wildman–Crippen LogP) is 2.30. The van der Waals surface area contributed by atoms with Crippen molar-refractivity contribution in [3.8, 4) is 0 Å². The minimum Gasteiger partial charge on any atom is -0.382 e. The Balaban J connectivity index is 1.95. The van der Waals surface area contributed by atoms with Gasteiger partial charge in [0.15, 0.2) is 0 Å². The molecule has 2 N–H and O–H groups in total. The van der Waals surface area contributed by atoms with Crippen molar-refractivity contribution < 1.29 is 0 Å². The van der Waals surface area contributed by atoms with Crippen molar-refractivity contribution in [3.63, 3.8) is 0 Å². The van der Waals surface area contributed by atoms with Crippen LogP contribution in [0.25, 0.3) is 5.52 Å². The maximum atomic E-state index is 5.86. The Morgan fingerprint density at radius 3 is 2.65 bits per heavy atom. The molecule has 0 aromatic carbocycles. The number of hydrogen-bond acceptors (Lipinski definition) is 3. The Labute approximate surface area is 101 Å². The summed E-state index contributed by atoms with van der Waals surface area (Å²) in [5.74, 6) is 0.613. The van der Waals surface area contributed by atoms with Gasteiger partial charge in [0, 0.05) is 25.0 Å². The third-order valence-electron chi connectivity index (χ3n) is 3.52. The van der Waals surface area contributed by atoms with Crippen molar-refractivity contribution in [3.05, 3.63) is 24.7 Å². The molecule has 1 aliphatic heterocycles. The molecule has 3 heterocycles. The minimum atomic E-state index is 0.613. The summed E-state index contributed by atoms with van der Waals surface area (Å²) in [5, 5.41) is 0. The maximum Gasteiger partial charge on any atom is 0.149 e. The van der Waals surface area contributed by atoms with E-state index >= 15 is 0 Å². The molecule has 3 rings (SSSR count). The zero-order valence-corrected chi connectivity index (χ0v) is 9.97. The standard InChI is InChI=1S/C13H18N4/c14-13-12-9-11(5-8-17(12)10-15-13)16-6-3-1-2-4-7-16/h5,8-10H,1-4,6-7,14H2. The lowest BCUT2D eigenvalue weighted by Gasteiger charge is -2.22. The lowest BCUT2D eigenvalue weighted by Crippen LogP contribution is -2.23. The summed E-state index contributed by atoms with van der Waals surface area (Å²) < 4.78 is 1.97. The highest BCUT2D eigenvalue weighted by Crippen LogP contribution is 2.23. The van der Waals surface area contributed by atoms with E-state index in [0.29, 0.717) is 5.82 Å². The number of fused-ring (bicyclic) bond motifs is 1. The van der Waals surface area contributed by atoms with Crippen LogP contribution in [0.3, 0.4) is 0 Å². The average Bonchev–Trinajstić information content (AvgIpc) is 2.58. The van der Waals surface area contributed by atoms with E-state index in [-0.39, 0.29) is 0 Å². The first kappa shape index (κ1) is 10.4. The molecule has 4 heteroatoms. The summed E-state index contributed by atoms with van der Waals surface area (Å²) in [4.78, 5) is 6.58. The average molecular weight is 230 g/mol. The number of rotatable bonds is 1. The molecule has 0 aliphatic carbocycles. The van der Waals surface area contributed by atoms with Crippen molar-refractivity contribution in [2.45, 2.75) is 25.7 Å². The van der Waals surface area contributed by atoms with Gasteiger partial charge in [-0.25, -0.2) is 4.98 Å². The van der Waals surface area contributed by atoms with Gasteiger partial charge in [-0.15, -0.1) is 0 Å². The van der Waals surface area contributed by atoms with Gasteiger partial charge >= 0.3 is 0 Å². The van der Waals surface area contributed by atoms with Crippen LogP contribution in [0.2, 0.25) is 0 Å². The summed E-state index contributed by atoms with van der Waals surface area (Å²) >= 11 is 0. The quantitative estimate of drug-likeness (QED) is 0.817. The number of pyridine rings is 1. The Morgan fingerprint density at radius 2 is 1.88 bits per heavy atom. The molecule has 0 spiro atoms. The van der Waals surface area contributed by atoms with Crippen LogP contribution in [-0.4, -0.2) is 22.5 Å². The minimum absolute atomic E-state index is 0.613. The number of hydrogen-bond donors (Lipinski definition) is 1. The first-order chi connectivity index (χ1) is 8.34. The van der Waals surface area contributed by atoms with Gasteiger partial charge in [0.2, 0.25) is 0 Å². The van der Waals surface area contributed by atoms with Crippen molar-refractivity contribution in [1.82, 2.24) is 9.38 Å². The lowest BCUT2D eigenvalue weighted by atomic mass is 10.2. The van der Waals surface area contributed by atoms with Crippen LogP contribution in [0.15, 0.2) is 24.7 Å². The van der Waals surface area contributed by atoms with Crippen LogP contribution in [0.4, 0.5) is 11.5 Å². The van der Waals surface area contributed by atoms with Gasteiger partial charge in [-0.1, -0.05) is 12.8 Å². The van der Waals surface area contributed by atoms with Gasteiger partial charge in [0.05, 0.1) is 5.52 Å². The highest BCUT2D eigenvalue weighted by atomic mass is 15.1. The van der Waals surface area contributed by atoms with Crippen molar-refractivity contribution >= 4 is 17.0 Å². The molecule has 17 heavy (non-hydrogen) atoms. The second-order valence-corrected chi connectivity index (χ2v) is 4.71. The van der Waals surface area contributed by atoms with E-state index in [9.17, 15) is 0 Å². The zero-order valence-electron chi connectivity index (χ0n) is 9.97. The molecule has 0 amide bonds. The molecule has 90 valence electrons. The molecule has 2 aromatic rings. The topological polar surface area (TPSA) is 46.6 Å². The summed E-state index contributed by atoms with van der Waals surface area (Å²) in [6.45, 7) is 2.31. The molecular weight excluding hydrogens is 212 g/mol. The molecule has 0 atom stereocenters. The smallest absolute Gasteiger partial charge is 0.149 e. The van der Waals surface area contributed by atoms with Crippen molar-refractivity contribution in [2.24, 2.45) is 0 Å². The van der Waals surface area contributed by atoms with Gasteiger partial charge in [-0.05, 0) is 25.0 Å². The number of nitrogens with zero attached hydrogens (tertiary/aromatic N) is 3. The SMILES string of the molecule is Nc1ncn2ccc(N3CCCCCC3)cc12. The van der Waals surface area contributed by atoms with Gasteiger partial charge in [0.25, 0.3) is 0 Å². The van der Waals surface area contributed by atoms with Crippen LogP contribution < -0.4 is 10.6 Å². The first-order valence-electron chi connectivity index (χ1n) is 6.32. The second kappa shape index (κ2) is 4.28. The summed E-state index contributed by atoms with van der Waals surface area (Å²) in [6.07, 6.45) is 9.09. The van der Waals surface area contributed by atoms with Crippen LogP contribution in [0.5, 0.6) is 0 Å². The molecule has 0 unspecified atom stereocenters. The second-order valence-electron chi connectivity index (χ2n) is 4.71. The third kappa shape index (κ3) is 1.95.